The van der Waals surface area contributed by atoms with Crippen LogP contribution in [0.25, 0.3) is 0 Å². The highest BCUT2D eigenvalue weighted by Gasteiger charge is 2.23. The molecular weight excluding hydrogens is 233 g/mol. The Morgan fingerprint density at radius 2 is 2.00 bits per heavy atom. The van der Waals surface area contributed by atoms with Crippen molar-refractivity contribution in [2.45, 2.75) is 45.0 Å². The van der Waals surface area contributed by atoms with Crippen molar-refractivity contribution in [3.05, 3.63) is 34.6 Å². The Bertz CT molecular complexity index is 382. The molecule has 1 N–H and O–H groups in total. The number of benzene rings is 1. The first-order chi connectivity index (χ1) is 8.08. The second-order valence-corrected chi connectivity index (χ2v) is 6.38. The van der Waals surface area contributed by atoms with Gasteiger partial charge in [0.05, 0.1) is 0 Å². The molecule has 1 nitrogen and oxygen atoms in total. The van der Waals surface area contributed by atoms with Crippen LogP contribution in [0, 0.1) is 19.7 Å². The monoisotopic (exact) mass is 253 g/mol. The van der Waals surface area contributed by atoms with Crippen molar-refractivity contribution in [2.24, 2.45) is 0 Å². The highest BCUT2D eigenvalue weighted by molar-refractivity contribution is 8.00. The van der Waals surface area contributed by atoms with Gasteiger partial charge in [0, 0.05) is 17.8 Å². The van der Waals surface area contributed by atoms with Crippen LogP contribution in [0.1, 0.15) is 30.0 Å². The molecule has 1 fully saturated rings. The first-order valence-electron chi connectivity index (χ1n) is 6.18. The van der Waals surface area contributed by atoms with Gasteiger partial charge in [-0.2, -0.15) is 11.8 Å². The van der Waals surface area contributed by atoms with E-state index in [-0.39, 0.29) is 5.82 Å². The summed E-state index contributed by atoms with van der Waals surface area (Å²) in [7, 11) is 0. The SMILES string of the molecule is Cc1cc(CNC2CCSC2C)cc(C)c1F. The summed E-state index contributed by atoms with van der Waals surface area (Å²) in [6.45, 7) is 6.79. The van der Waals surface area contributed by atoms with Gasteiger partial charge in [-0.1, -0.05) is 19.1 Å². The number of rotatable bonds is 3. The fourth-order valence-electron chi connectivity index (χ4n) is 2.39. The number of aryl methyl sites for hydroxylation is 2. The van der Waals surface area contributed by atoms with E-state index in [2.05, 4.69) is 12.2 Å². The van der Waals surface area contributed by atoms with Crippen LogP contribution in [0.5, 0.6) is 0 Å². The number of hydrogen-bond donors (Lipinski definition) is 1. The summed E-state index contributed by atoms with van der Waals surface area (Å²) in [6, 6.07) is 4.50. The molecule has 0 saturated carbocycles. The van der Waals surface area contributed by atoms with Gasteiger partial charge < -0.3 is 5.32 Å². The van der Waals surface area contributed by atoms with E-state index in [0.717, 1.165) is 17.7 Å². The summed E-state index contributed by atoms with van der Waals surface area (Å²) in [5.74, 6) is 1.18. The molecule has 0 spiro atoms. The summed E-state index contributed by atoms with van der Waals surface area (Å²) in [5, 5.41) is 4.27. The van der Waals surface area contributed by atoms with Crippen molar-refractivity contribution in [3.63, 3.8) is 0 Å². The quantitative estimate of drug-likeness (QED) is 0.886. The standard InChI is InChI=1S/C14H20FNS/c1-9-6-12(7-10(2)14(9)15)8-16-13-4-5-17-11(13)3/h6-7,11,13,16H,4-5,8H2,1-3H3. The molecule has 1 aromatic carbocycles. The van der Waals surface area contributed by atoms with Gasteiger partial charge in [-0.05, 0) is 42.7 Å². The Balaban J connectivity index is 1.99. The lowest BCUT2D eigenvalue weighted by Gasteiger charge is -2.17. The van der Waals surface area contributed by atoms with Crippen molar-refractivity contribution in [2.75, 3.05) is 5.75 Å². The van der Waals surface area contributed by atoms with E-state index < -0.39 is 0 Å². The van der Waals surface area contributed by atoms with Crippen LogP contribution in [-0.2, 0) is 6.54 Å². The van der Waals surface area contributed by atoms with Crippen LogP contribution >= 0.6 is 11.8 Å². The fraction of sp³-hybridized carbons (Fsp3) is 0.571. The lowest BCUT2D eigenvalue weighted by molar-refractivity contribution is 0.512. The van der Waals surface area contributed by atoms with Crippen molar-refractivity contribution >= 4 is 11.8 Å². The van der Waals surface area contributed by atoms with Crippen LogP contribution in [0.15, 0.2) is 12.1 Å². The van der Waals surface area contributed by atoms with Crippen molar-refractivity contribution < 1.29 is 4.39 Å². The first-order valence-corrected chi connectivity index (χ1v) is 7.23. The topological polar surface area (TPSA) is 12.0 Å². The van der Waals surface area contributed by atoms with Crippen LogP contribution in [-0.4, -0.2) is 17.0 Å². The lowest BCUT2D eigenvalue weighted by atomic mass is 10.1. The summed E-state index contributed by atoms with van der Waals surface area (Å²) >= 11 is 2.03. The molecule has 1 aliphatic heterocycles. The summed E-state index contributed by atoms with van der Waals surface area (Å²) < 4.78 is 13.5. The van der Waals surface area contributed by atoms with Crippen molar-refractivity contribution in [1.29, 1.82) is 0 Å². The van der Waals surface area contributed by atoms with E-state index in [1.54, 1.807) is 0 Å². The highest BCUT2D eigenvalue weighted by atomic mass is 32.2. The van der Waals surface area contributed by atoms with E-state index >= 15 is 0 Å². The van der Waals surface area contributed by atoms with Gasteiger partial charge in [0.1, 0.15) is 5.82 Å². The molecule has 1 heterocycles. The number of nitrogens with one attached hydrogen (secondary N) is 1. The van der Waals surface area contributed by atoms with Crippen LogP contribution < -0.4 is 5.32 Å². The molecular formula is C14H20FNS. The molecule has 94 valence electrons. The normalized spacial score (nSPS) is 24.2. The minimum Gasteiger partial charge on any atom is -0.309 e. The maximum Gasteiger partial charge on any atom is 0.129 e. The summed E-state index contributed by atoms with van der Waals surface area (Å²) in [5.41, 5.74) is 2.68. The second-order valence-electron chi connectivity index (χ2n) is 4.90. The van der Waals surface area contributed by atoms with Gasteiger partial charge in [0.2, 0.25) is 0 Å². The van der Waals surface area contributed by atoms with Gasteiger partial charge in [-0.25, -0.2) is 4.39 Å². The molecule has 2 rings (SSSR count). The fourth-order valence-corrected chi connectivity index (χ4v) is 3.61. The van der Waals surface area contributed by atoms with Gasteiger partial charge >= 0.3 is 0 Å². The average molecular weight is 253 g/mol. The molecule has 0 bridgehead atoms. The molecule has 17 heavy (non-hydrogen) atoms. The third-order valence-electron chi connectivity index (χ3n) is 3.44. The predicted molar refractivity (Wildman–Crippen MR) is 73.0 cm³/mol. The second kappa shape index (κ2) is 5.40. The largest absolute Gasteiger partial charge is 0.309 e. The number of thioether (sulfide) groups is 1. The van der Waals surface area contributed by atoms with Gasteiger partial charge in [0.25, 0.3) is 0 Å². The lowest BCUT2D eigenvalue weighted by Crippen LogP contribution is -2.32. The molecule has 1 saturated heterocycles. The maximum absolute atomic E-state index is 13.5. The van der Waals surface area contributed by atoms with Gasteiger partial charge in [-0.3, -0.25) is 0 Å². The third-order valence-corrected chi connectivity index (χ3v) is 4.77. The first kappa shape index (κ1) is 12.9. The van der Waals surface area contributed by atoms with Gasteiger partial charge in [-0.15, -0.1) is 0 Å². The molecule has 1 aliphatic rings. The van der Waals surface area contributed by atoms with Crippen molar-refractivity contribution in [1.82, 2.24) is 5.32 Å². The third kappa shape index (κ3) is 3.02. The zero-order valence-corrected chi connectivity index (χ0v) is 11.5. The zero-order chi connectivity index (χ0) is 12.4. The van der Waals surface area contributed by atoms with E-state index in [9.17, 15) is 4.39 Å². The van der Waals surface area contributed by atoms with Gasteiger partial charge in [0.15, 0.2) is 0 Å². The molecule has 3 heteroatoms. The Hall–Kier alpha value is -0.540. The van der Waals surface area contributed by atoms with E-state index in [4.69, 9.17) is 0 Å². The highest BCUT2D eigenvalue weighted by Crippen LogP contribution is 2.26. The molecule has 2 atom stereocenters. The zero-order valence-electron chi connectivity index (χ0n) is 10.7. The summed E-state index contributed by atoms with van der Waals surface area (Å²) in [4.78, 5) is 0. The molecule has 0 radical (unpaired) electrons. The minimum absolute atomic E-state index is 0.0708. The number of hydrogen-bond acceptors (Lipinski definition) is 2. The molecule has 2 unspecified atom stereocenters. The Morgan fingerprint density at radius 1 is 1.35 bits per heavy atom. The van der Waals surface area contributed by atoms with Crippen molar-refractivity contribution in [3.8, 4) is 0 Å². The molecule has 0 aliphatic carbocycles. The molecule has 0 amide bonds. The van der Waals surface area contributed by atoms with E-state index in [0.29, 0.717) is 11.3 Å². The van der Waals surface area contributed by atoms with E-state index in [1.807, 2.05) is 37.7 Å². The summed E-state index contributed by atoms with van der Waals surface area (Å²) in [6.07, 6.45) is 1.24. The maximum atomic E-state index is 13.5. The smallest absolute Gasteiger partial charge is 0.129 e. The molecule has 0 aromatic heterocycles. The van der Waals surface area contributed by atoms with Crippen LogP contribution in [0.2, 0.25) is 0 Å². The number of halogens is 1. The Morgan fingerprint density at radius 3 is 2.53 bits per heavy atom. The predicted octanol–water partition coefficient (Wildman–Crippen LogP) is 3.43. The Labute approximate surface area is 107 Å². The van der Waals surface area contributed by atoms with Crippen LogP contribution in [0.4, 0.5) is 4.39 Å². The van der Waals surface area contributed by atoms with E-state index in [1.165, 1.54) is 17.7 Å². The Kier molecular flexibility index (Phi) is 4.10. The average Bonchev–Trinajstić information content (AvgIpc) is 2.69. The molecule has 1 aromatic rings. The minimum atomic E-state index is -0.0708. The van der Waals surface area contributed by atoms with Crippen LogP contribution in [0.3, 0.4) is 0 Å².